The normalized spacial score (nSPS) is 13.1. The van der Waals surface area contributed by atoms with Crippen LogP contribution >= 0.6 is 11.6 Å². The fourth-order valence-electron chi connectivity index (χ4n) is 5.80. The van der Waals surface area contributed by atoms with Crippen LogP contribution in [0.15, 0.2) is 65.6 Å². The van der Waals surface area contributed by atoms with Crippen molar-refractivity contribution in [1.29, 1.82) is 0 Å². The number of hydrogen-bond donors (Lipinski definition) is 1. The topological polar surface area (TPSA) is 98.5 Å². The summed E-state index contributed by atoms with van der Waals surface area (Å²) in [6.07, 6.45) is 3.24. The van der Waals surface area contributed by atoms with E-state index in [0.29, 0.717) is 62.7 Å². The largest absolute Gasteiger partial charge is 0.496 e. The van der Waals surface area contributed by atoms with Gasteiger partial charge in [-0.15, -0.1) is 0 Å². The second kappa shape index (κ2) is 11.2. The van der Waals surface area contributed by atoms with E-state index in [1.54, 1.807) is 35.0 Å². The Morgan fingerprint density at radius 2 is 1.86 bits per heavy atom. The summed E-state index contributed by atoms with van der Waals surface area (Å²) in [6.45, 7) is 3.55. The third-order valence-corrected chi connectivity index (χ3v) is 8.54. The lowest BCUT2D eigenvalue weighted by atomic mass is 9.98. The van der Waals surface area contributed by atoms with Crippen molar-refractivity contribution in [2.45, 2.75) is 19.9 Å². The first-order valence-electron chi connectivity index (χ1n) is 13.8. The molecule has 43 heavy (non-hydrogen) atoms. The summed E-state index contributed by atoms with van der Waals surface area (Å²) in [6, 6.07) is 16.2. The van der Waals surface area contributed by atoms with E-state index in [1.165, 1.54) is 7.11 Å². The molecule has 0 fully saturated rings. The Balaban J connectivity index is 1.36. The molecule has 10 heteroatoms. The van der Waals surface area contributed by atoms with Crippen LogP contribution in [-0.2, 0) is 20.0 Å². The smallest absolute Gasteiger partial charge is 0.291 e. The molecule has 1 aliphatic rings. The van der Waals surface area contributed by atoms with Crippen LogP contribution in [0.3, 0.4) is 0 Å². The number of fused-ring (bicyclic) bond motifs is 2. The number of aldehydes is 1. The van der Waals surface area contributed by atoms with Crippen LogP contribution in [0.5, 0.6) is 5.75 Å². The number of imidazole rings is 1. The Bertz CT molecular complexity index is 1990. The average molecular weight is 596 g/mol. The van der Waals surface area contributed by atoms with E-state index in [4.69, 9.17) is 16.3 Å². The molecule has 1 aliphatic heterocycles. The van der Waals surface area contributed by atoms with E-state index in [-0.39, 0.29) is 11.5 Å². The highest BCUT2D eigenvalue weighted by atomic mass is 35.5. The van der Waals surface area contributed by atoms with E-state index >= 15 is 0 Å². The Labute approximate surface area is 253 Å². The van der Waals surface area contributed by atoms with Gasteiger partial charge in [-0.1, -0.05) is 35.9 Å². The first kappa shape index (κ1) is 28.4. The standard InChI is InChI=1S/C33H30ClN5O4/c1-19-22(7-6-10-27(19)39-14-11-20-15-21(18-40)29(43-4)16-24(20)33(39)42)23-8-5-9-25(30(23)34)36-32(41)31-35-26-17-37(2)13-12-28(26)38(31)3/h5-11,14-16,18H,12-13,17H2,1-4H3,(H,36,41). The molecule has 1 amide bonds. The average Bonchev–Trinajstić information content (AvgIpc) is 3.33. The molecular formula is C33H30ClN5O4. The van der Waals surface area contributed by atoms with Gasteiger partial charge in [-0.05, 0) is 60.8 Å². The zero-order chi connectivity index (χ0) is 30.4. The summed E-state index contributed by atoms with van der Waals surface area (Å²) < 4.78 is 8.76. The van der Waals surface area contributed by atoms with E-state index in [2.05, 4.69) is 15.2 Å². The van der Waals surface area contributed by atoms with Crippen molar-refractivity contribution in [3.05, 3.63) is 105 Å². The molecule has 0 radical (unpaired) electrons. The van der Waals surface area contributed by atoms with Gasteiger partial charge in [0.1, 0.15) is 5.75 Å². The number of aromatic nitrogens is 3. The number of carbonyl (C=O) groups excluding carboxylic acids is 2. The summed E-state index contributed by atoms with van der Waals surface area (Å²) in [4.78, 5) is 45.2. The van der Waals surface area contributed by atoms with Crippen LogP contribution in [0.25, 0.3) is 27.6 Å². The lowest BCUT2D eigenvalue weighted by Gasteiger charge is -2.21. The molecule has 0 bridgehead atoms. The SMILES string of the molecule is COc1cc2c(=O)n(-c3cccc(-c4cccc(NC(=O)c5nc6c(n5C)CCN(C)C6)c4Cl)c3C)ccc2cc1C=O. The van der Waals surface area contributed by atoms with Crippen LogP contribution in [-0.4, -0.2) is 51.9 Å². The number of likely N-dealkylation sites (N-methyl/N-ethyl adjacent to an activating group) is 1. The summed E-state index contributed by atoms with van der Waals surface area (Å²) >= 11 is 6.92. The van der Waals surface area contributed by atoms with Gasteiger partial charge in [0, 0.05) is 44.0 Å². The number of nitrogens with one attached hydrogen (secondary N) is 1. The minimum absolute atomic E-state index is 0.246. The minimum atomic E-state index is -0.333. The molecular weight excluding hydrogens is 566 g/mol. The fraction of sp³-hybridized carbons (Fsp3) is 0.212. The summed E-state index contributed by atoms with van der Waals surface area (Å²) in [5.41, 5.74) is 5.62. The summed E-state index contributed by atoms with van der Waals surface area (Å²) in [7, 11) is 5.37. The van der Waals surface area contributed by atoms with Gasteiger partial charge in [-0.3, -0.25) is 19.0 Å². The summed E-state index contributed by atoms with van der Waals surface area (Å²) in [5, 5.41) is 4.41. The minimum Gasteiger partial charge on any atom is -0.496 e. The van der Waals surface area contributed by atoms with Gasteiger partial charge >= 0.3 is 0 Å². The molecule has 0 unspecified atom stereocenters. The van der Waals surface area contributed by atoms with Crippen molar-refractivity contribution in [1.82, 2.24) is 19.0 Å². The first-order valence-corrected chi connectivity index (χ1v) is 14.2. The van der Waals surface area contributed by atoms with Gasteiger partial charge in [0.15, 0.2) is 12.1 Å². The highest BCUT2D eigenvalue weighted by molar-refractivity contribution is 6.36. The van der Waals surface area contributed by atoms with Crippen molar-refractivity contribution in [3.8, 4) is 22.6 Å². The van der Waals surface area contributed by atoms with Crippen molar-refractivity contribution >= 4 is 40.3 Å². The van der Waals surface area contributed by atoms with Gasteiger partial charge in [-0.25, -0.2) is 4.98 Å². The molecule has 218 valence electrons. The van der Waals surface area contributed by atoms with Gasteiger partial charge in [0.25, 0.3) is 11.5 Å². The van der Waals surface area contributed by atoms with Crippen molar-refractivity contribution < 1.29 is 14.3 Å². The molecule has 0 saturated heterocycles. The first-order chi connectivity index (χ1) is 20.7. The molecule has 0 atom stereocenters. The number of hydrogen-bond acceptors (Lipinski definition) is 6. The number of carbonyl (C=O) groups is 2. The molecule has 0 aliphatic carbocycles. The van der Waals surface area contributed by atoms with E-state index < -0.39 is 0 Å². The maximum atomic E-state index is 13.6. The number of ether oxygens (including phenoxy) is 1. The molecule has 1 N–H and O–H groups in total. The van der Waals surface area contributed by atoms with Crippen molar-refractivity contribution in [2.24, 2.45) is 7.05 Å². The quantitative estimate of drug-likeness (QED) is 0.264. The molecule has 3 aromatic carbocycles. The Morgan fingerprint density at radius 1 is 1.09 bits per heavy atom. The monoisotopic (exact) mass is 595 g/mol. The molecule has 3 heterocycles. The van der Waals surface area contributed by atoms with E-state index in [0.717, 1.165) is 35.5 Å². The van der Waals surface area contributed by atoms with Crippen LogP contribution in [0.4, 0.5) is 5.69 Å². The Hall–Kier alpha value is -4.73. The maximum absolute atomic E-state index is 13.6. The fourth-order valence-corrected chi connectivity index (χ4v) is 6.08. The number of benzene rings is 3. The number of pyridine rings is 1. The van der Waals surface area contributed by atoms with Crippen molar-refractivity contribution in [2.75, 3.05) is 26.0 Å². The molecule has 9 nitrogen and oxygen atoms in total. The lowest BCUT2D eigenvalue weighted by molar-refractivity contribution is 0.101. The van der Waals surface area contributed by atoms with Crippen LogP contribution in [0.2, 0.25) is 5.02 Å². The number of anilines is 1. The van der Waals surface area contributed by atoms with Crippen LogP contribution in [0.1, 0.15) is 37.9 Å². The van der Waals surface area contributed by atoms with E-state index in [1.807, 2.05) is 55.9 Å². The van der Waals surface area contributed by atoms with Gasteiger partial charge in [-0.2, -0.15) is 0 Å². The van der Waals surface area contributed by atoms with Gasteiger partial charge in [0.05, 0.1) is 40.2 Å². The molecule has 5 aromatic rings. The molecule has 6 rings (SSSR count). The molecule has 0 spiro atoms. The second-order valence-electron chi connectivity index (χ2n) is 10.7. The Kier molecular flexibility index (Phi) is 7.37. The zero-order valence-corrected chi connectivity index (χ0v) is 25.0. The third kappa shape index (κ3) is 4.90. The number of nitrogens with zero attached hydrogens (tertiary/aromatic N) is 4. The van der Waals surface area contributed by atoms with E-state index in [9.17, 15) is 14.4 Å². The Morgan fingerprint density at radius 3 is 2.63 bits per heavy atom. The van der Waals surface area contributed by atoms with Gasteiger partial charge < -0.3 is 19.5 Å². The molecule has 2 aromatic heterocycles. The number of amides is 1. The third-order valence-electron chi connectivity index (χ3n) is 8.13. The van der Waals surface area contributed by atoms with Crippen molar-refractivity contribution in [3.63, 3.8) is 0 Å². The van der Waals surface area contributed by atoms with Crippen LogP contribution < -0.4 is 15.6 Å². The maximum Gasteiger partial charge on any atom is 0.291 e. The number of halogens is 1. The highest BCUT2D eigenvalue weighted by Gasteiger charge is 2.25. The van der Waals surface area contributed by atoms with Crippen LogP contribution in [0, 0.1) is 6.92 Å². The predicted molar refractivity (Wildman–Crippen MR) is 168 cm³/mol. The summed E-state index contributed by atoms with van der Waals surface area (Å²) in [5.74, 6) is 0.346. The lowest BCUT2D eigenvalue weighted by Crippen LogP contribution is -2.27. The second-order valence-corrected chi connectivity index (χ2v) is 11.1. The number of methoxy groups -OCH3 is 1. The molecule has 0 saturated carbocycles. The zero-order valence-electron chi connectivity index (χ0n) is 24.3. The van der Waals surface area contributed by atoms with Gasteiger partial charge in [0.2, 0.25) is 0 Å². The predicted octanol–water partition coefficient (Wildman–Crippen LogP) is 5.41. The highest BCUT2D eigenvalue weighted by Crippen LogP contribution is 2.37. The number of rotatable bonds is 6.